The zero-order valence-corrected chi connectivity index (χ0v) is 10.1. The third-order valence-electron chi connectivity index (χ3n) is 3.19. The molecular weight excluding hydrogens is 249 g/mol. The van der Waals surface area contributed by atoms with E-state index >= 15 is 0 Å². The second-order valence-electron chi connectivity index (χ2n) is 4.34. The first kappa shape index (κ1) is 11.9. The maximum Gasteiger partial charge on any atom is 0.356 e. The fraction of sp³-hybridized carbons (Fsp3) is 0.231. The fourth-order valence-electron chi connectivity index (χ4n) is 2.32. The molecule has 2 aromatic rings. The molecule has 0 unspecified atom stereocenters. The highest BCUT2D eigenvalue weighted by atomic mass is 19.1. The van der Waals surface area contributed by atoms with Crippen LogP contribution in [0.3, 0.4) is 0 Å². The van der Waals surface area contributed by atoms with Crippen molar-refractivity contribution in [3.05, 3.63) is 41.5 Å². The summed E-state index contributed by atoms with van der Waals surface area (Å²) in [6.07, 6.45) is 0. The number of carbonyl (C=O) groups is 1. The largest absolute Gasteiger partial charge is 0.476 e. The number of halogens is 1. The molecule has 19 heavy (non-hydrogen) atoms. The first-order valence-electron chi connectivity index (χ1n) is 5.97. The lowest BCUT2D eigenvalue weighted by Crippen LogP contribution is -2.29. The zero-order chi connectivity index (χ0) is 13.4. The van der Waals surface area contributed by atoms with E-state index in [0.717, 1.165) is 0 Å². The standard InChI is InChI=1S/C13H12FN3O2/c14-9-4-2-1-3-8(9)12-16-11(13(18)19)10-7-15-5-6-17(10)12/h1-4,15H,5-7H2,(H,18,19). The van der Waals surface area contributed by atoms with Crippen LogP contribution in [0.25, 0.3) is 11.4 Å². The molecule has 2 heterocycles. The van der Waals surface area contributed by atoms with Gasteiger partial charge < -0.3 is 15.0 Å². The molecule has 2 N–H and O–H groups in total. The molecule has 98 valence electrons. The van der Waals surface area contributed by atoms with E-state index in [1.54, 1.807) is 22.8 Å². The number of carboxylic acids is 1. The zero-order valence-electron chi connectivity index (χ0n) is 10.1. The van der Waals surface area contributed by atoms with E-state index in [1.807, 2.05) is 0 Å². The van der Waals surface area contributed by atoms with E-state index in [2.05, 4.69) is 10.3 Å². The molecule has 5 nitrogen and oxygen atoms in total. The SMILES string of the molecule is O=C(O)c1nc(-c2ccccc2F)n2c1CNCC2. The first-order chi connectivity index (χ1) is 9.18. The normalized spacial score (nSPS) is 14.2. The van der Waals surface area contributed by atoms with Crippen molar-refractivity contribution in [2.75, 3.05) is 6.54 Å². The monoisotopic (exact) mass is 261 g/mol. The summed E-state index contributed by atoms with van der Waals surface area (Å²) in [5.74, 6) is -1.10. The van der Waals surface area contributed by atoms with Crippen LogP contribution < -0.4 is 5.32 Å². The number of aromatic carboxylic acids is 1. The Kier molecular flexibility index (Phi) is 2.79. The number of rotatable bonds is 2. The van der Waals surface area contributed by atoms with Crippen molar-refractivity contribution in [3.63, 3.8) is 0 Å². The minimum atomic E-state index is -1.09. The van der Waals surface area contributed by atoms with Crippen LogP contribution in [0.5, 0.6) is 0 Å². The Morgan fingerprint density at radius 1 is 1.42 bits per heavy atom. The van der Waals surface area contributed by atoms with Crippen molar-refractivity contribution in [1.82, 2.24) is 14.9 Å². The molecule has 3 rings (SSSR count). The molecule has 0 radical (unpaired) electrons. The lowest BCUT2D eigenvalue weighted by molar-refractivity contribution is 0.0689. The Bertz CT molecular complexity index is 651. The van der Waals surface area contributed by atoms with Crippen molar-refractivity contribution in [1.29, 1.82) is 0 Å². The Labute approximate surface area is 108 Å². The van der Waals surface area contributed by atoms with Crippen LogP contribution in [0.15, 0.2) is 24.3 Å². The smallest absolute Gasteiger partial charge is 0.356 e. The van der Waals surface area contributed by atoms with Gasteiger partial charge in [-0.1, -0.05) is 12.1 Å². The van der Waals surface area contributed by atoms with Gasteiger partial charge in [-0.3, -0.25) is 0 Å². The lowest BCUT2D eigenvalue weighted by Gasteiger charge is -2.18. The highest BCUT2D eigenvalue weighted by Crippen LogP contribution is 2.26. The predicted octanol–water partition coefficient (Wildman–Crippen LogP) is 1.49. The summed E-state index contributed by atoms with van der Waals surface area (Å²) in [5.41, 5.74) is 0.917. The minimum absolute atomic E-state index is 0.00884. The summed E-state index contributed by atoms with van der Waals surface area (Å²) in [7, 11) is 0. The summed E-state index contributed by atoms with van der Waals surface area (Å²) >= 11 is 0. The van der Waals surface area contributed by atoms with Crippen LogP contribution in [-0.2, 0) is 13.1 Å². The van der Waals surface area contributed by atoms with Crippen molar-refractivity contribution >= 4 is 5.97 Å². The number of aromatic nitrogens is 2. The molecule has 0 fully saturated rings. The maximum absolute atomic E-state index is 13.8. The Balaban J connectivity index is 2.22. The summed E-state index contributed by atoms with van der Waals surface area (Å²) in [6, 6.07) is 6.26. The van der Waals surface area contributed by atoms with Crippen LogP contribution in [-0.4, -0.2) is 27.2 Å². The van der Waals surface area contributed by atoms with E-state index in [4.69, 9.17) is 0 Å². The van der Waals surface area contributed by atoms with Crippen molar-refractivity contribution < 1.29 is 14.3 Å². The lowest BCUT2D eigenvalue weighted by atomic mass is 10.2. The summed E-state index contributed by atoms with van der Waals surface area (Å²) in [6.45, 7) is 1.73. The van der Waals surface area contributed by atoms with E-state index in [1.165, 1.54) is 6.07 Å². The van der Waals surface area contributed by atoms with Gasteiger partial charge in [-0.15, -0.1) is 0 Å². The average molecular weight is 261 g/mol. The van der Waals surface area contributed by atoms with E-state index in [9.17, 15) is 14.3 Å². The fourth-order valence-corrected chi connectivity index (χ4v) is 2.32. The molecule has 0 atom stereocenters. The Hall–Kier alpha value is -2.21. The van der Waals surface area contributed by atoms with Crippen LogP contribution >= 0.6 is 0 Å². The topological polar surface area (TPSA) is 67.1 Å². The van der Waals surface area contributed by atoms with E-state index in [0.29, 0.717) is 36.7 Å². The van der Waals surface area contributed by atoms with Crippen molar-refractivity contribution in [2.24, 2.45) is 0 Å². The summed E-state index contributed by atoms with van der Waals surface area (Å²) in [4.78, 5) is 15.3. The van der Waals surface area contributed by atoms with Gasteiger partial charge in [-0.25, -0.2) is 14.2 Å². The second-order valence-corrected chi connectivity index (χ2v) is 4.34. The first-order valence-corrected chi connectivity index (χ1v) is 5.97. The van der Waals surface area contributed by atoms with Gasteiger partial charge in [0.05, 0.1) is 11.3 Å². The van der Waals surface area contributed by atoms with Crippen LogP contribution in [0.1, 0.15) is 16.2 Å². The third-order valence-corrected chi connectivity index (χ3v) is 3.19. The van der Waals surface area contributed by atoms with Gasteiger partial charge in [0.25, 0.3) is 0 Å². The number of nitrogens with zero attached hydrogens (tertiary/aromatic N) is 2. The number of benzene rings is 1. The minimum Gasteiger partial charge on any atom is -0.476 e. The van der Waals surface area contributed by atoms with Gasteiger partial charge in [-0.05, 0) is 12.1 Å². The molecule has 0 amide bonds. The van der Waals surface area contributed by atoms with Gasteiger partial charge in [0.15, 0.2) is 5.69 Å². The van der Waals surface area contributed by atoms with Crippen LogP contribution in [0.4, 0.5) is 4.39 Å². The summed E-state index contributed by atoms with van der Waals surface area (Å²) in [5, 5.41) is 12.3. The van der Waals surface area contributed by atoms with E-state index < -0.39 is 11.8 Å². The van der Waals surface area contributed by atoms with Gasteiger partial charge in [0.2, 0.25) is 0 Å². The quantitative estimate of drug-likeness (QED) is 0.859. The van der Waals surface area contributed by atoms with Gasteiger partial charge >= 0.3 is 5.97 Å². The van der Waals surface area contributed by atoms with Gasteiger partial charge in [0.1, 0.15) is 11.6 Å². The number of hydrogen-bond acceptors (Lipinski definition) is 3. The molecule has 0 saturated heterocycles. The summed E-state index contributed by atoms with van der Waals surface area (Å²) < 4.78 is 15.6. The number of fused-ring (bicyclic) bond motifs is 1. The molecule has 0 spiro atoms. The molecule has 0 aliphatic carbocycles. The molecule has 6 heteroatoms. The molecular formula is C13H12FN3O2. The molecule has 0 bridgehead atoms. The average Bonchev–Trinajstić information content (AvgIpc) is 2.79. The van der Waals surface area contributed by atoms with Crippen LogP contribution in [0, 0.1) is 5.82 Å². The van der Waals surface area contributed by atoms with Crippen LogP contribution in [0.2, 0.25) is 0 Å². The third kappa shape index (κ3) is 1.90. The van der Waals surface area contributed by atoms with E-state index in [-0.39, 0.29) is 5.69 Å². The second kappa shape index (κ2) is 4.47. The number of hydrogen-bond donors (Lipinski definition) is 2. The van der Waals surface area contributed by atoms with Crippen molar-refractivity contribution in [2.45, 2.75) is 13.1 Å². The number of imidazole rings is 1. The molecule has 0 saturated carbocycles. The molecule has 1 aromatic carbocycles. The maximum atomic E-state index is 13.8. The molecule has 1 aliphatic heterocycles. The molecule has 1 aliphatic rings. The predicted molar refractivity (Wildman–Crippen MR) is 66.3 cm³/mol. The molecule has 1 aromatic heterocycles. The highest BCUT2D eigenvalue weighted by molar-refractivity contribution is 5.88. The Morgan fingerprint density at radius 2 is 2.21 bits per heavy atom. The van der Waals surface area contributed by atoms with Crippen molar-refractivity contribution in [3.8, 4) is 11.4 Å². The number of nitrogens with one attached hydrogen (secondary N) is 1. The Morgan fingerprint density at radius 3 is 2.95 bits per heavy atom. The van der Waals surface area contributed by atoms with Gasteiger partial charge in [0, 0.05) is 19.6 Å². The highest BCUT2D eigenvalue weighted by Gasteiger charge is 2.25. The van der Waals surface area contributed by atoms with Gasteiger partial charge in [-0.2, -0.15) is 0 Å². The number of carboxylic acid groups (broad SMARTS) is 1.